The summed E-state index contributed by atoms with van der Waals surface area (Å²) >= 11 is 0. The van der Waals surface area contributed by atoms with Gasteiger partial charge in [0.05, 0.1) is 5.52 Å². The lowest BCUT2D eigenvalue weighted by molar-refractivity contribution is 0.528. The van der Waals surface area contributed by atoms with Gasteiger partial charge in [-0.1, -0.05) is 6.07 Å². The maximum absolute atomic E-state index is 11.3. The van der Waals surface area contributed by atoms with Crippen molar-refractivity contribution >= 4 is 11.1 Å². The quantitative estimate of drug-likeness (QED) is 0.850. The van der Waals surface area contributed by atoms with Gasteiger partial charge in [0, 0.05) is 13.1 Å². The van der Waals surface area contributed by atoms with E-state index in [0.29, 0.717) is 5.58 Å². The van der Waals surface area contributed by atoms with Gasteiger partial charge in [-0.2, -0.15) is 0 Å². The van der Waals surface area contributed by atoms with Crippen LogP contribution in [0.5, 0.6) is 0 Å². The number of aryl methyl sites for hydroxylation is 2. The van der Waals surface area contributed by atoms with Gasteiger partial charge in [-0.15, -0.1) is 0 Å². The van der Waals surface area contributed by atoms with Gasteiger partial charge in [0.2, 0.25) is 0 Å². The Morgan fingerprint density at radius 3 is 2.94 bits per heavy atom. The first-order chi connectivity index (χ1) is 7.58. The molecule has 16 heavy (non-hydrogen) atoms. The number of hydrogen-bond donors (Lipinski definition) is 1. The van der Waals surface area contributed by atoms with Crippen LogP contribution in [-0.4, -0.2) is 10.6 Å². The van der Waals surface area contributed by atoms with E-state index < -0.39 is 0 Å². The molecule has 0 aliphatic rings. The molecule has 1 aromatic heterocycles. The first-order valence-corrected chi connectivity index (χ1v) is 5.42. The molecule has 86 valence electrons. The molecule has 0 bridgehead atoms. The summed E-state index contributed by atoms with van der Waals surface area (Å²) < 4.78 is 6.58. The van der Waals surface area contributed by atoms with Crippen LogP contribution in [-0.2, 0) is 13.5 Å². The maximum Gasteiger partial charge on any atom is 0.419 e. The van der Waals surface area contributed by atoms with Crippen LogP contribution in [0.4, 0.5) is 0 Å². The Kier molecular flexibility index (Phi) is 2.83. The van der Waals surface area contributed by atoms with Crippen LogP contribution in [0, 0.1) is 0 Å². The Hall–Kier alpha value is -1.55. The van der Waals surface area contributed by atoms with Crippen molar-refractivity contribution in [3.63, 3.8) is 0 Å². The molecular formula is C12H16N2O2. The zero-order valence-corrected chi connectivity index (χ0v) is 9.56. The van der Waals surface area contributed by atoms with Gasteiger partial charge >= 0.3 is 5.76 Å². The zero-order chi connectivity index (χ0) is 11.7. The standard InChI is InChI=1S/C12H16N2O2/c1-8(13)3-4-9-5-6-11-10(7-9)14(2)12(15)16-11/h5-8H,3-4,13H2,1-2H3. The molecule has 1 heterocycles. The largest absolute Gasteiger partial charge is 0.419 e. The monoisotopic (exact) mass is 220 g/mol. The van der Waals surface area contributed by atoms with Crippen LogP contribution in [0.2, 0.25) is 0 Å². The van der Waals surface area contributed by atoms with Gasteiger partial charge in [0.1, 0.15) is 0 Å². The van der Waals surface area contributed by atoms with Crippen molar-refractivity contribution in [3.8, 4) is 0 Å². The Morgan fingerprint density at radius 1 is 1.50 bits per heavy atom. The van der Waals surface area contributed by atoms with Crippen molar-refractivity contribution in [2.45, 2.75) is 25.8 Å². The van der Waals surface area contributed by atoms with E-state index in [1.165, 1.54) is 10.1 Å². The highest BCUT2D eigenvalue weighted by Gasteiger charge is 2.06. The van der Waals surface area contributed by atoms with E-state index in [1.807, 2.05) is 25.1 Å². The number of nitrogens with zero attached hydrogens (tertiary/aromatic N) is 1. The number of aromatic nitrogens is 1. The van der Waals surface area contributed by atoms with Gasteiger partial charge in [0.25, 0.3) is 0 Å². The van der Waals surface area contributed by atoms with Crippen LogP contribution >= 0.6 is 0 Å². The molecule has 0 saturated carbocycles. The fourth-order valence-corrected chi connectivity index (χ4v) is 1.72. The minimum Gasteiger partial charge on any atom is -0.408 e. The fraction of sp³-hybridized carbons (Fsp3) is 0.417. The molecular weight excluding hydrogens is 204 g/mol. The van der Waals surface area contributed by atoms with Crippen LogP contribution in [0.25, 0.3) is 11.1 Å². The smallest absolute Gasteiger partial charge is 0.408 e. The number of nitrogens with two attached hydrogens (primary N) is 1. The summed E-state index contributed by atoms with van der Waals surface area (Å²) in [7, 11) is 1.71. The second-order valence-corrected chi connectivity index (χ2v) is 4.25. The summed E-state index contributed by atoms with van der Waals surface area (Å²) in [6.07, 6.45) is 1.87. The fourth-order valence-electron chi connectivity index (χ4n) is 1.72. The van der Waals surface area contributed by atoms with Gasteiger partial charge in [-0.25, -0.2) is 4.79 Å². The van der Waals surface area contributed by atoms with Crippen LogP contribution in [0.3, 0.4) is 0 Å². The second-order valence-electron chi connectivity index (χ2n) is 4.25. The molecule has 0 spiro atoms. The highest BCUT2D eigenvalue weighted by molar-refractivity contribution is 5.73. The third-order valence-corrected chi connectivity index (χ3v) is 2.74. The number of fused-ring (bicyclic) bond motifs is 1. The summed E-state index contributed by atoms with van der Waals surface area (Å²) in [5.41, 5.74) is 8.37. The first-order valence-electron chi connectivity index (χ1n) is 5.42. The first kappa shape index (κ1) is 11.0. The summed E-state index contributed by atoms with van der Waals surface area (Å²) in [5.74, 6) is -0.320. The highest BCUT2D eigenvalue weighted by atomic mass is 16.4. The van der Waals surface area contributed by atoms with Gasteiger partial charge in [-0.3, -0.25) is 4.57 Å². The van der Waals surface area contributed by atoms with E-state index in [9.17, 15) is 4.79 Å². The van der Waals surface area contributed by atoms with Crippen molar-refractivity contribution < 1.29 is 4.42 Å². The minimum absolute atomic E-state index is 0.198. The van der Waals surface area contributed by atoms with Crippen LogP contribution in [0.1, 0.15) is 18.9 Å². The minimum atomic E-state index is -0.320. The van der Waals surface area contributed by atoms with Crippen molar-refractivity contribution in [1.82, 2.24) is 4.57 Å². The number of rotatable bonds is 3. The number of hydrogen-bond acceptors (Lipinski definition) is 3. The molecule has 2 N–H and O–H groups in total. The normalized spacial score (nSPS) is 13.2. The molecule has 0 fully saturated rings. The average Bonchev–Trinajstić information content (AvgIpc) is 2.52. The Morgan fingerprint density at radius 2 is 2.25 bits per heavy atom. The molecule has 0 radical (unpaired) electrons. The Bertz CT molecular complexity index is 552. The van der Waals surface area contributed by atoms with E-state index in [0.717, 1.165) is 18.4 Å². The summed E-state index contributed by atoms with van der Waals surface area (Å²) in [4.78, 5) is 11.3. The molecule has 1 aromatic carbocycles. The molecule has 1 atom stereocenters. The topological polar surface area (TPSA) is 61.2 Å². The highest BCUT2D eigenvalue weighted by Crippen LogP contribution is 2.15. The van der Waals surface area contributed by atoms with Gasteiger partial charge in [-0.05, 0) is 37.5 Å². The summed E-state index contributed by atoms with van der Waals surface area (Å²) in [6.45, 7) is 1.99. The van der Waals surface area contributed by atoms with Gasteiger partial charge in [0.15, 0.2) is 5.58 Å². The molecule has 2 rings (SSSR count). The maximum atomic E-state index is 11.3. The van der Waals surface area contributed by atoms with Crippen LogP contribution in [0.15, 0.2) is 27.4 Å². The van der Waals surface area contributed by atoms with Crippen molar-refractivity contribution in [1.29, 1.82) is 0 Å². The lowest BCUT2D eigenvalue weighted by Gasteiger charge is -2.04. The summed E-state index contributed by atoms with van der Waals surface area (Å²) in [6, 6.07) is 6.01. The van der Waals surface area contributed by atoms with Crippen molar-refractivity contribution in [3.05, 3.63) is 34.3 Å². The van der Waals surface area contributed by atoms with E-state index in [-0.39, 0.29) is 11.8 Å². The predicted molar refractivity (Wildman–Crippen MR) is 63.4 cm³/mol. The third-order valence-electron chi connectivity index (χ3n) is 2.74. The van der Waals surface area contributed by atoms with Crippen molar-refractivity contribution in [2.75, 3.05) is 0 Å². The lowest BCUT2D eigenvalue weighted by Crippen LogP contribution is -2.15. The van der Waals surface area contributed by atoms with Gasteiger partial charge < -0.3 is 10.2 Å². The van der Waals surface area contributed by atoms with E-state index in [1.54, 1.807) is 7.05 Å². The van der Waals surface area contributed by atoms with E-state index in [2.05, 4.69) is 0 Å². The molecule has 0 saturated heterocycles. The van der Waals surface area contributed by atoms with Crippen LogP contribution < -0.4 is 11.5 Å². The lowest BCUT2D eigenvalue weighted by atomic mass is 10.1. The van der Waals surface area contributed by atoms with E-state index >= 15 is 0 Å². The number of oxazole rings is 1. The molecule has 2 aromatic rings. The third kappa shape index (κ3) is 2.02. The molecule has 0 aliphatic carbocycles. The predicted octanol–water partition coefficient (Wildman–Crippen LogP) is 1.41. The summed E-state index contributed by atoms with van der Waals surface area (Å²) in [5, 5.41) is 0. The molecule has 4 heteroatoms. The molecule has 0 aliphatic heterocycles. The Labute approximate surface area is 93.7 Å². The zero-order valence-electron chi connectivity index (χ0n) is 9.56. The van der Waals surface area contributed by atoms with E-state index in [4.69, 9.17) is 10.2 Å². The second kappa shape index (κ2) is 4.14. The molecule has 4 nitrogen and oxygen atoms in total. The van der Waals surface area contributed by atoms with Crippen molar-refractivity contribution in [2.24, 2.45) is 12.8 Å². The molecule has 0 amide bonds. The number of benzene rings is 1. The Balaban J connectivity index is 2.35. The average molecular weight is 220 g/mol. The SMILES string of the molecule is CC(N)CCc1ccc2oc(=O)n(C)c2c1. The molecule has 1 unspecified atom stereocenters.